The summed E-state index contributed by atoms with van der Waals surface area (Å²) < 4.78 is 0. The van der Waals surface area contributed by atoms with Crippen LogP contribution in [0, 0.1) is 5.92 Å². The van der Waals surface area contributed by atoms with Gasteiger partial charge in [0.15, 0.2) is 0 Å². The number of benzene rings is 1. The Labute approximate surface area is 140 Å². The van der Waals surface area contributed by atoms with Gasteiger partial charge in [-0.2, -0.15) is 0 Å². The molecule has 0 radical (unpaired) electrons. The fourth-order valence-electron chi connectivity index (χ4n) is 2.66. The second-order valence-corrected chi connectivity index (χ2v) is 6.88. The van der Waals surface area contributed by atoms with Gasteiger partial charge in [-0.05, 0) is 43.1 Å². The average molecular weight is 318 g/mol. The van der Waals surface area contributed by atoms with E-state index >= 15 is 0 Å². The molecule has 0 aliphatic carbocycles. The number of piperazine rings is 1. The number of urea groups is 1. The quantitative estimate of drug-likeness (QED) is 0.907. The highest BCUT2D eigenvalue weighted by Gasteiger charge is 2.20. The van der Waals surface area contributed by atoms with Gasteiger partial charge in [0.05, 0.1) is 0 Å². The number of hydrogen-bond donors (Lipinski definition) is 1. The van der Waals surface area contributed by atoms with E-state index in [1.165, 1.54) is 6.42 Å². The molecule has 1 heterocycles. The van der Waals surface area contributed by atoms with Crippen LogP contribution in [-0.4, -0.2) is 62.7 Å². The van der Waals surface area contributed by atoms with E-state index in [9.17, 15) is 4.79 Å². The fourth-order valence-corrected chi connectivity index (χ4v) is 2.66. The number of amides is 2. The zero-order chi connectivity index (χ0) is 16.8. The Morgan fingerprint density at radius 2 is 1.74 bits per heavy atom. The first-order valence-corrected chi connectivity index (χ1v) is 8.51. The van der Waals surface area contributed by atoms with E-state index in [1.54, 1.807) is 0 Å². The summed E-state index contributed by atoms with van der Waals surface area (Å²) in [6.07, 6.45) is 1.23. The summed E-state index contributed by atoms with van der Waals surface area (Å²) >= 11 is 0. The van der Waals surface area contributed by atoms with Crippen molar-refractivity contribution in [2.75, 3.05) is 57.0 Å². The van der Waals surface area contributed by atoms with E-state index in [-0.39, 0.29) is 6.03 Å². The highest BCUT2D eigenvalue weighted by atomic mass is 16.2. The van der Waals surface area contributed by atoms with Gasteiger partial charge in [-0.3, -0.25) is 4.90 Å². The first-order chi connectivity index (χ1) is 11.0. The predicted molar refractivity (Wildman–Crippen MR) is 97.3 cm³/mol. The number of nitrogens with zero attached hydrogens (tertiary/aromatic N) is 3. The van der Waals surface area contributed by atoms with Gasteiger partial charge < -0.3 is 15.1 Å². The fraction of sp³-hybridized carbons (Fsp3) is 0.611. The third-order valence-electron chi connectivity index (χ3n) is 4.32. The van der Waals surface area contributed by atoms with Crippen molar-refractivity contribution in [2.24, 2.45) is 5.92 Å². The number of anilines is 2. The molecule has 0 aromatic heterocycles. The maximum atomic E-state index is 12.3. The van der Waals surface area contributed by atoms with E-state index in [1.807, 2.05) is 48.2 Å². The Morgan fingerprint density at radius 1 is 1.13 bits per heavy atom. The molecule has 0 spiro atoms. The molecule has 1 fully saturated rings. The molecule has 1 aliphatic heterocycles. The van der Waals surface area contributed by atoms with Crippen molar-refractivity contribution in [3.63, 3.8) is 0 Å². The Kier molecular flexibility index (Phi) is 6.28. The second kappa shape index (κ2) is 8.20. The minimum atomic E-state index is 0.00566. The lowest BCUT2D eigenvalue weighted by molar-refractivity contribution is 0.143. The normalized spacial score (nSPS) is 15.8. The molecule has 2 rings (SSSR count). The van der Waals surface area contributed by atoms with Crippen LogP contribution in [0.4, 0.5) is 16.2 Å². The molecule has 0 saturated carbocycles. The highest BCUT2D eigenvalue weighted by molar-refractivity contribution is 5.89. The van der Waals surface area contributed by atoms with Crippen LogP contribution in [-0.2, 0) is 0 Å². The number of hydrogen-bond acceptors (Lipinski definition) is 3. The number of rotatable bonds is 5. The van der Waals surface area contributed by atoms with Crippen LogP contribution in [0.15, 0.2) is 24.3 Å². The lowest BCUT2D eigenvalue weighted by Crippen LogP contribution is -2.50. The van der Waals surface area contributed by atoms with E-state index in [0.717, 1.165) is 50.0 Å². The summed E-state index contributed by atoms with van der Waals surface area (Å²) in [5.41, 5.74) is 1.98. The van der Waals surface area contributed by atoms with Crippen LogP contribution < -0.4 is 10.2 Å². The minimum absolute atomic E-state index is 0.00566. The molecule has 1 saturated heterocycles. The predicted octanol–water partition coefficient (Wildman–Crippen LogP) is 2.95. The lowest BCUT2D eigenvalue weighted by atomic mass is 10.1. The van der Waals surface area contributed by atoms with E-state index in [2.05, 4.69) is 24.1 Å². The van der Waals surface area contributed by atoms with E-state index < -0.39 is 0 Å². The van der Waals surface area contributed by atoms with Crippen molar-refractivity contribution in [1.82, 2.24) is 9.80 Å². The van der Waals surface area contributed by atoms with Gasteiger partial charge in [0.2, 0.25) is 0 Å². The first kappa shape index (κ1) is 17.6. The molecule has 1 aromatic carbocycles. The third kappa shape index (κ3) is 5.43. The lowest BCUT2D eigenvalue weighted by Gasteiger charge is -2.35. The van der Waals surface area contributed by atoms with Crippen LogP contribution in [0.1, 0.15) is 20.3 Å². The van der Waals surface area contributed by atoms with Crippen LogP contribution in [0.5, 0.6) is 0 Å². The first-order valence-electron chi connectivity index (χ1n) is 8.51. The Bertz CT molecular complexity index is 490. The number of carbonyl (C=O) groups excluding carboxylic acids is 1. The smallest absolute Gasteiger partial charge is 0.321 e. The Balaban J connectivity index is 1.78. The zero-order valence-electron chi connectivity index (χ0n) is 14.9. The van der Waals surface area contributed by atoms with Crippen molar-refractivity contribution in [3.8, 4) is 0 Å². The summed E-state index contributed by atoms with van der Waals surface area (Å²) in [5, 5.41) is 2.99. The van der Waals surface area contributed by atoms with Crippen LogP contribution in [0.2, 0.25) is 0 Å². The minimum Gasteiger partial charge on any atom is -0.378 e. The zero-order valence-corrected chi connectivity index (χ0v) is 14.9. The molecule has 1 aliphatic rings. The molecule has 0 atom stereocenters. The van der Waals surface area contributed by atoms with Gasteiger partial charge in [0.25, 0.3) is 0 Å². The number of nitrogens with one attached hydrogen (secondary N) is 1. The molecule has 0 unspecified atom stereocenters. The van der Waals surface area contributed by atoms with Gasteiger partial charge in [0.1, 0.15) is 0 Å². The van der Waals surface area contributed by atoms with Crippen molar-refractivity contribution >= 4 is 17.4 Å². The largest absolute Gasteiger partial charge is 0.378 e. The van der Waals surface area contributed by atoms with Crippen LogP contribution in [0.3, 0.4) is 0 Å². The summed E-state index contributed by atoms with van der Waals surface area (Å²) in [6, 6.07) is 7.93. The summed E-state index contributed by atoms with van der Waals surface area (Å²) in [7, 11) is 4.01. The van der Waals surface area contributed by atoms with Gasteiger partial charge in [0, 0.05) is 51.6 Å². The SMILES string of the molecule is CC(C)CCN1CCN(C(=O)Nc2ccc(N(C)C)cc2)CC1. The van der Waals surface area contributed by atoms with Gasteiger partial charge >= 0.3 is 6.03 Å². The summed E-state index contributed by atoms with van der Waals surface area (Å²) in [4.78, 5) is 18.8. The molecule has 128 valence electrons. The molecule has 23 heavy (non-hydrogen) atoms. The third-order valence-corrected chi connectivity index (χ3v) is 4.32. The maximum absolute atomic E-state index is 12.3. The molecule has 5 nitrogen and oxygen atoms in total. The van der Waals surface area contributed by atoms with E-state index in [0.29, 0.717) is 0 Å². The van der Waals surface area contributed by atoms with Crippen molar-refractivity contribution < 1.29 is 4.79 Å². The Morgan fingerprint density at radius 3 is 2.26 bits per heavy atom. The number of carbonyl (C=O) groups is 1. The summed E-state index contributed by atoms with van der Waals surface area (Å²) in [6.45, 7) is 9.20. The second-order valence-electron chi connectivity index (χ2n) is 6.88. The molecule has 0 bridgehead atoms. The molecular weight excluding hydrogens is 288 g/mol. The van der Waals surface area contributed by atoms with Gasteiger partial charge in [-0.25, -0.2) is 4.79 Å². The van der Waals surface area contributed by atoms with Gasteiger partial charge in [-0.1, -0.05) is 13.8 Å². The topological polar surface area (TPSA) is 38.8 Å². The average Bonchev–Trinajstić information content (AvgIpc) is 2.54. The molecule has 5 heteroatoms. The molecule has 2 amide bonds. The Hall–Kier alpha value is -1.75. The highest BCUT2D eigenvalue weighted by Crippen LogP contribution is 2.16. The summed E-state index contributed by atoms with van der Waals surface area (Å²) in [5.74, 6) is 0.737. The monoisotopic (exact) mass is 318 g/mol. The van der Waals surface area contributed by atoms with Crippen LogP contribution >= 0.6 is 0 Å². The molecule has 1 N–H and O–H groups in total. The van der Waals surface area contributed by atoms with Crippen LogP contribution in [0.25, 0.3) is 0 Å². The van der Waals surface area contributed by atoms with Crippen molar-refractivity contribution in [2.45, 2.75) is 20.3 Å². The molecular formula is C18H30N4O. The standard InChI is InChI=1S/C18H30N4O/c1-15(2)9-10-21-11-13-22(14-12-21)18(23)19-16-5-7-17(8-6-16)20(3)4/h5-8,15H,9-14H2,1-4H3,(H,19,23). The van der Waals surface area contributed by atoms with Crippen molar-refractivity contribution in [1.29, 1.82) is 0 Å². The van der Waals surface area contributed by atoms with Gasteiger partial charge in [-0.15, -0.1) is 0 Å². The van der Waals surface area contributed by atoms with Crippen molar-refractivity contribution in [3.05, 3.63) is 24.3 Å². The molecule has 1 aromatic rings. The maximum Gasteiger partial charge on any atom is 0.321 e. The van der Waals surface area contributed by atoms with E-state index in [4.69, 9.17) is 0 Å².